The van der Waals surface area contributed by atoms with Crippen LogP contribution in [0.4, 0.5) is 8.78 Å². The minimum atomic E-state index is -2.43. The number of halogens is 3. The predicted octanol–water partition coefficient (Wildman–Crippen LogP) is 3.39. The maximum Gasteiger partial charge on any atom is 0.288 e. The Balaban J connectivity index is 0.00000176. The van der Waals surface area contributed by atoms with Gasteiger partial charge in [-0.3, -0.25) is 4.79 Å². The van der Waals surface area contributed by atoms with Crippen molar-refractivity contribution in [2.45, 2.75) is 42.0 Å². The molecular weight excluding hydrogens is 330 g/mol. The van der Waals surface area contributed by atoms with Crippen LogP contribution in [-0.2, 0) is 0 Å². The third-order valence-electron chi connectivity index (χ3n) is 4.14. The maximum atomic E-state index is 12.5. The summed E-state index contributed by atoms with van der Waals surface area (Å²) in [6.45, 7) is 1.50. The van der Waals surface area contributed by atoms with Crippen LogP contribution in [0.1, 0.15) is 29.6 Å². The molecule has 2 atom stereocenters. The van der Waals surface area contributed by atoms with E-state index >= 15 is 0 Å². The van der Waals surface area contributed by atoms with Crippen molar-refractivity contribution in [2.75, 3.05) is 13.1 Å². The van der Waals surface area contributed by atoms with Crippen molar-refractivity contribution in [3.05, 3.63) is 29.8 Å². The van der Waals surface area contributed by atoms with Crippen LogP contribution in [0.25, 0.3) is 0 Å². The molecule has 2 unspecified atom stereocenters. The molecule has 0 aliphatic carbocycles. The third-order valence-corrected chi connectivity index (χ3v) is 4.86. The minimum absolute atomic E-state index is 0. The lowest BCUT2D eigenvalue weighted by atomic mass is 10.1. The zero-order chi connectivity index (χ0) is 14.8. The van der Waals surface area contributed by atoms with Gasteiger partial charge in [0.2, 0.25) is 0 Å². The number of hydrogen-bond donors (Lipinski definition) is 1. The molecule has 1 N–H and O–H groups in total. The predicted molar refractivity (Wildman–Crippen MR) is 86.0 cm³/mol. The smallest absolute Gasteiger partial charge is 0.288 e. The van der Waals surface area contributed by atoms with Gasteiger partial charge in [0.1, 0.15) is 0 Å². The summed E-state index contributed by atoms with van der Waals surface area (Å²) in [5.74, 6) is -2.43. The van der Waals surface area contributed by atoms with Crippen LogP contribution in [0.15, 0.2) is 29.2 Å². The molecule has 2 saturated heterocycles. The maximum absolute atomic E-state index is 12.5. The van der Waals surface area contributed by atoms with E-state index in [1.54, 1.807) is 24.3 Å². The molecule has 2 heterocycles. The van der Waals surface area contributed by atoms with E-state index < -0.39 is 5.76 Å². The van der Waals surface area contributed by atoms with E-state index in [4.69, 9.17) is 0 Å². The highest BCUT2D eigenvalue weighted by Gasteiger charge is 2.31. The van der Waals surface area contributed by atoms with E-state index in [0.717, 1.165) is 25.9 Å². The van der Waals surface area contributed by atoms with Crippen molar-refractivity contribution < 1.29 is 13.6 Å². The summed E-state index contributed by atoms with van der Waals surface area (Å²) in [6, 6.07) is 7.40. The van der Waals surface area contributed by atoms with Gasteiger partial charge in [-0.2, -0.15) is 8.78 Å². The summed E-state index contributed by atoms with van der Waals surface area (Å²) < 4.78 is 24.6. The van der Waals surface area contributed by atoms with Crippen LogP contribution in [0.5, 0.6) is 0 Å². The van der Waals surface area contributed by atoms with Gasteiger partial charge in [-0.15, -0.1) is 12.4 Å². The molecule has 2 bridgehead atoms. The Morgan fingerprint density at radius 2 is 1.86 bits per heavy atom. The number of amides is 1. The first kappa shape index (κ1) is 17.5. The highest BCUT2D eigenvalue weighted by Crippen LogP contribution is 2.26. The van der Waals surface area contributed by atoms with Crippen LogP contribution in [-0.4, -0.2) is 41.7 Å². The van der Waals surface area contributed by atoms with Gasteiger partial charge >= 0.3 is 0 Å². The van der Waals surface area contributed by atoms with Crippen molar-refractivity contribution in [1.82, 2.24) is 10.2 Å². The van der Waals surface area contributed by atoms with E-state index in [2.05, 4.69) is 5.32 Å². The fourth-order valence-electron chi connectivity index (χ4n) is 3.09. The van der Waals surface area contributed by atoms with Crippen LogP contribution < -0.4 is 5.32 Å². The van der Waals surface area contributed by atoms with E-state index in [1.807, 2.05) is 4.90 Å². The van der Waals surface area contributed by atoms with Crippen molar-refractivity contribution in [2.24, 2.45) is 0 Å². The lowest BCUT2D eigenvalue weighted by Gasteiger charge is -2.24. The average molecular weight is 349 g/mol. The average Bonchev–Trinajstić information content (AvgIpc) is 2.78. The Hall–Kier alpha value is -0.850. The molecule has 2 fully saturated rings. The van der Waals surface area contributed by atoms with E-state index in [9.17, 15) is 13.6 Å². The molecule has 7 heteroatoms. The Morgan fingerprint density at radius 1 is 1.18 bits per heavy atom. The molecule has 3 rings (SSSR count). The number of nitrogens with one attached hydrogen (secondary N) is 1. The molecule has 0 aromatic heterocycles. The number of benzene rings is 1. The second-order valence-corrected chi connectivity index (χ2v) is 6.64. The number of carbonyl (C=O) groups excluding carboxylic acids is 1. The van der Waals surface area contributed by atoms with Gasteiger partial charge in [0.15, 0.2) is 0 Å². The molecule has 122 valence electrons. The summed E-state index contributed by atoms with van der Waals surface area (Å²) in [7, 11) is 0. The molecule has 2 aliphatic heterocycles. The Labute approximate surface area is 139 Å². The highest BCUT2D eigenvalue weighted by molar-refractivity contribution is 7.99. The molecule has 1 aromatic carbocycles. The molecular formula is C15H19ClF2N2OS. The number of fused-ring (bicyclic) bond motifs is 2. The summed E-state index contributed by atoms with van der Waals surface area (Å²) in [5, 5.41) is 3.54. The molecule has 2 aliphatic rings. The summed E-state index contributed by atoms with van der Waals surface area (Å²) in [5.41, 5.74) is 0.575. The van der Waals surface area contributed by atoms with Gasteiger partial charge < -0.3 is 10.2 Å². The number of rotatable bonds is 3. The molecule has 3 nitrogen and oxygen atoms in total. The van der Waals surface area contributed by atoms with Crippen molar-refractivity contribution in [3.63, 3.8) is 0 Å². The number of hydrogen-bond acceptors (Lipinski definition) is 3. The number of alkyl halides is 2. The molecule has 0 spiro atoms. The van der Waals surface area contributed by atoms with Gasteiger partial charge in [-0.05, 0) is 43.5 Å². The Kier molecular flexibility index (Phi) is 6.06. The van der Waals surface area contributed by atoms with Crippen molar-refractivity contribution in [1.29, 1.82) is 0 Å². The van der Waals surface area contributed by atoms with E-state index in [0.29, 0.717) is 34.3 Å². The Morgan fingerprint density at radius 3 is 2.55 bits per heavy atom. The summed E-state index contributed by atoms with van der Waals surface area (Å²) in [6.07, 6.45) is 3.31. The normalized spacial score (nSPS) is 24.0. The Bertz CT molecular complexity index is 515. The monoisotopic (exact) mass is 348 g/mol. The molecule has 0 saturated carbocycles. The zero-order valence-corrected chi connectivity index (χ0v) is 13.6. The number of likely N-dealkylation sites (tertiary alicyclic amines) is 1. The van der Waals surface area contributed by atoms with Crippen LogP contribution in [0, 0.1) is 0 Å². The number of thioether (sulfide) groups is 1. The lowest BCUT2D eigenvalue weighted by molar-refractivity contribution is 0.0748. The van der Waals surface area contributed by atoms with Gasteiger partial charge in [-0.1, -0.05) is 11.8 Å². The van der Waals surface area contributed by atoms with Crippen molar-refractivity contribution >= 4 is 30.1 Å². The first-order valence-corrected chi connectivity index (χ1v) is 8.10. The van der Waals surface area contributed by atoms with Crippen LogP contribution in [0.3, 0.4) is 0 Å². The van der Waals surface area contributed by atoms with Gasteiger partial charge in [0.05, 0.1) is 0 Å². The van der Waals surface area contributed by atoms with Crippen LogP contribution >= 0.6 is 24.2 Å². The third kappa shape index (κ3) is 4.12. The zero-order valence-electron chi connectivity index (χ0n) is 12.0. The summed E-state index contributed by atoms with van der Waals surface area (Å²) >= 11 is 0.499. The summed E-state index contributed by atoms with van der Waals surface area (Å²) in [4.78, 5) is 14.9. The molecule has 1 amide bonds. The lowest BCUT2D eigenvalue weighted by Crippen LogP contribution is -2.39. The van der Waals surface area contributed by atoms with E-state index in [-0.39, 0.29) is 18.3 Å². The largest absolute Gasteiger partial charge is 0.337 e. The number of carbonyl (C=O) groups is 1. The number of nitrogens with zero attached hydrogens (tertiary/aromatic N) is 1. The van der Waals surface area contributed by atoms with Gasteiger partial charge in [-0.25, -0.2) is 0 Å². The fraction of sp³-hybridized carbons (Fsp3) is 0.533. The fourth-order valence-corrected chi connectivity index (χ4v) is 3.59. The second kappa shape index (κ2) is 7.62. The highest BCUT2D eigenvalue weighted by atomic mass is 35.5. The molecule has 22 heavy (non-hydrogen) atoms. The minimum Gasteiger partial charge on any atom is -0.337 e. The van der Waals surface area contributed by atoms with Crippen molar-refractivity contribution in [3.8, 4) is 0 Å². The topological polar surface area (TPSA) is 32.3 Å². The molecule has 1 aromatic rings. The first-order chi connectivity index (χ1) is 10.1. The standard InChI is InChI=1S/C15H18F2N2OS.ClH/c16-15(17)21-13-5-1-10(2-6-13)14(20)19-8-7-11-3-4-12(9-19)18-11;/h1-2,5-6,11-12,15,18H,3-4,7-9H2;1H. The quantitative estimate of drug-likeness (QED) is 0.850. The second-order valence-electron chi connectivity index (χ2n) is 5.58. The van der Waals surface area contributed by atoms with Crippen LogP contribution in [0.2, 0.25) is 0 Å². The van der Waals surface area contributed by atoms with Gasteiger partial charge in [0.25, 0.3) is 11.7 Å². The van der Waals surface area contributed by atoms with Gasteiger partial charge in [0, 0.05) is 35.6 Å². The molecule has 0 radical (unpaired) electrons. The van der Waals surface area contributed by atoms with E-state index in [1.165, 1.54) is 6.42 Å². The first-order valence-electron chi connectivity index (χ1n) is 7.22. The SMILES string of the molecule is Cl.O=C(c1ccc(SC(F)F)cc1)N1CCC2CCC(C1)N2.